The summed E-state index contributed by atoms with van der Waals surface area (Å²) in [5.74, 6) is 0.778. The van der Waals surface area contributed by atoms with Gasteiger partial charge in [0.25, 0.3) is 0 Å². The summed E-state index contributed by atoms with van der Waals surface area (Å²) in [5.41, 5.74) is 0. The topological polar surface area (TPSA) is 26.3 Å². The van der Waals surface area contributed by atoms with Crippen LogP contribution in [0.25, 0.3) is 0 Å². The van der Waals surface area contributed by atoms with Crippen molar-refractivity contribution >= 4 is 6.29 Å². The molecule has 0 N–H and O–H groups in total. The highest BCUT2D eigenvalue weighted by atomic mass is 16.5. The monoisotopic (exact) mass is 156 g/mol. The van der Waals surface area contributed by atoms with Crippen molar-refractivity contribution in [3.05, 3.63) is 0 Å². The number of aldehydes is 1. The lowest BCUT2D eigenvalue weighted by atomic mass is 9.89. The fourth-order valence-corrected chi connectivity index (χ4v) is 1.71. The Morgan fingerprint density at radius 2 is 2.36 bits per heavy atom. The van der Waals surface area contributed by atoms with Gasteiger partial charge in [-0.1, -0.05) is 19.8 Å². The maximum atomic E-state index is 10.0. The van der Waals surface area contributed by atoms with E-state index in [0.717, 1.165) is 25.0 Å². The minimum atomic E-state index is 0.275. The van der Waals surface area contributed by atoms with E-state index in [2.05, 4.69) is 6.92 Å². The first-order valence-corrected chi connectivity index (χ1v) is 4.38. The van der Waals surface area contributed by atoms with E-state index in [1.807, 2.05) is 0 Å². The second-order valence-electron chi connectivity index (χ2n) is 3.39. The van der Waals surface area contributed by atoms with Crippen molar-refractivity contribution in [1.82, 2.24) is 0 Å². The lowest BCUT2D eigenvalue weighted by Crippen LogP contribution is -2.22. The van der Waals surface area contributed by atoms with E-state index >= 15 is 0 Å². The molecule has 1 fully saturated rings. The van der Waals surface area contributed by atoms with Gasteiger partial charge < -0.3 is 9.53 Å². The largest absolute Gasteiger partial charge is 0.371 e. The Morgan fingerprint density at radius 3 is 3.00 bits per heavy atom. The quantitative estimate of drug-likeness (QED) is 0.582. The average molecular weight is 156 g/mol. The number of carbonyl (C=O) groups excluding carboxylic acids is 1. The van der Waals surface area contributed by atoms with Crippen LogP contribution in [0.3, 0.4) is 0 Å². The van der Waals surface area contributed by atoms with Crippen molar-refractivity contribution in [2.75, 3.05) is 6.61 Å². The highest BCUT2D eigenvalue weighted by Gasteiger charge is 2.18. The summed E-state index contributed by atoms with van der Waals surface area (Å²) < 4.78 is 5.33. The van der Waals surface area contributed by atoms with E-state index in [-0.39, 0.29) is 6.61 Å². The van der Waals surface area contributed by atoms with Crippen LogP contribution in [0.4, 0.5) is 0 Å². The fraction of sp³-hybridized carbons (Fsp3) is 0.889. The van der Waals surface area contributed by atoms with Crippen molar-refractivity contribution < 1.29 is 9.53 Å². The van der Waals surface area contributed by atoms with Crippen LogP contribution in [0.1, 0.15) is 32.6 Å². The minimum Gasteiger partial charge on any atom is -0.371 e. The third kappa shape index (κ3) is 3.02. The van der Waals surface area contributed by atoms with Crippen LogP contribution in [-0.2, 0) is 9.53 Å². The van der Waals surface area contributed by atoms with Gasteiger partial charge in [0.1, 0.15) is 12.9 Å². The molecule has 0 bridgehead atoms. The number of hydrogen-bond acceptors (Lipinski definition) is 2. The second kappa shape index (κ2) is 4.50. The highest BCUT2D eigenvalue weighted by Crippen LogP contribution is 2.25. The van der Waals surface area contributed by atoms with E-state index in [9.17, 15) is 4.79 Å². The third-order valence-electron chi connectivity index (χ3n) is 2.29. The van der Waals surface area contributed by atoms with E-state index < -0.39 is 0 Å². The molecule has 1 saturated carbocycles. The van der Waals surface area contributed by atoms with Crippen molar-refractivity contribution in [2.45, 2.75) is 38.7 Å². The van der Waals surface area contributed by atoms with Crippen molar-refractivity contribution in [3.8, 4) is 0 Å². The lowest BCUT2D eigenvalue weighted by Gasteiger charge is -2.25. The SMILES string of the molecule is C[C@@H]1CCC[C@H](OCC=O)C1. The number of ether oxygens (including phenoxy) is 1. The molecule has 2 atom stereocenters. The van der Waals surface area contributed by atoms with Gasteiger partial charge in [-0.15, -0.1) is 0 Å². The normalized spacial score (nSPS) is 31.7. The van der Waals surface area contributed by atoms with Crippen LogP contribution in [0.5, 0.6) is 0 Å². The van der Waals surface area contributed by atoms with Crippen LogP contribution in [-0.4, -0.2) is 19.0 Å². The molecule has 0 aliphatic heterocycles. The number of rotatable bonds is 3. The van der Waals surface area contributed by atoms with E-state index in [1.54, 1.807) is 0 Å². The molecule has 1 aliphatic carbocycles. The lowest BCUT2D eigenvalue weighted by molar-refractivity contribution is -0.114. The van der Waals surface area contributed by atoms with Crippen molar-refractivity contribution in [1.29, 1.82) is 0 Å². The second-order valence-corrected chi connectivity index (χ2v) is 3.39. The Bertz CT molecular complexity index is 123. The molecule has 0 amide bonds. The molecule has 2 heteroatoms. The predicted molar refractivity (Wildman–Crippen MR) is 43.4 cm³/mol. The smallest absolute Gasteiger partial charge is 0.145 e. The molecule has 64 valence electrons. The summed E-state index contributed by atoms with van der Waals surface area (Å²) in [6.07, 6.45) is 6.03. The number of hydrogen-bond donors (Lipinski definition) is 0. The molecule has 0 aromatic rings. The standard InChI is InChI=1S/C9H16O2/c1-8-3-2-4-9(7-8)11-6-5-10/h5,8-9H,2-4,6-7H2,1H3/t8-,9+/m1/s1. The van der Waals surface area contributed by atoms with Crippen LogP contribution in [0.15, 0.2) is 0 Å². The van der Waals surface area contributed by atoms with E-state index in [4.69, 9.17) is 4.74 Å². The Labute approximate surface area is 67.9 Å². The first-order chi connectivity index (χ1) is 5.33. The highest BCUT2D eigenvalue weighted by molar-refractivity contribution is 5.50. The summed E-state index contributed by atoms with van der Waals surface area (Å²) in [6.45, 7) is 2.52. The van der Waals surface area contributed by atoms with Gasteiger partial charge in [0.15, 0.2) is 0 Å². The molecule has 0 heterocycles. The average Bonchev–Trinajstić information content (AvgIpc) is 2.01. The molecule has 0 spiro atoms. The van der Waals surface area contributed by atoms with Crippen LogP contribution < -0.4 is 0 Å². The van der Waals surface area contributed by atoms with Gasteiger partial charge in [0.05, 0.1) is 6.10 Å². The molecule has 0 unspecified atom stereocenters. The van der Waals surface area contributed by atoms with Gasteiger partial charge in [-0.2, -0.15) is 0 Å². The van der Waals surface area contributed by atoms with Crippen molar-refractivity contribution in [3.63, 3.8) is 0 Å². The molecule has 0 aromatic carbocycles. The van der Waals surface area contributed by atoms with Crippen LogP contribution in [0.2, 0.25) is 0 Å². The molecule has 1 aliphatic rings. The van der Waals surface area contributed by atoms with E-state index in [1.165, 1.54) is 12.8 Å². The molecule has 1 rings (SSSR count). The molecule has 2 nitrogen and oxygen atoms in total. The fourth-order valence-electron chi connectivity index (χ4n) is 1.71. The van der Waals surface area contributed by atoms with Gasteiger partial charge in [-0.05, 0) is 18.8 Å². The molecule has 0 radical (unpaired) electrons. The zero-order valence-corrected chi connectivity index (χ0v) is 7.08. The van der Waals surface area contributed by atoms with Crippen LogP contribution in [0, 0.1) is 5.92 Å². The molecular formula is C9H16O2. The predicted octanol–water partition coefficient (Wildman–Crippen LogP) is 1.78. The summed E-state index contributed by atoms with van der Waals surface area (Å²) >= 11 is 0. The van der Waals surface area contributed by atoms with Gasteiger partial charge in [-0.3, -0.25) is 0 Å². The number of carbonyl (C=O) groups is 1. The van der Waals surface area contributed by atoms with Gasteiger partial charge in [0, 0.05) is 0 Å². The zero-order chi connectivity index (χ0) is 8.10. The van der Waals surface area contributed by atoms with Gasteiger partial charge in [-0.25, -0.2) is 0 Å². The summed E-state index contributed by atoms with van der Waals surface area (Å²) in [7, 11) is 0. The van der Waals surface area contributed by atoms with Crippen molar-refractivity contribution in [2.24, 2.45) is 5.92 Å². The minimum absolute atomic E-state index is 0.275. The maximum absolute atomic E-state index is 10.0. The van der Waals surface area contributed by atoms with E-state index in [0.29, 0.717) is 6.10 Å². The summed E-state index contributed by atoms with van der Waals surface area (Å²) in [5, 5.41) is 0. The first kappa shape index (κ1) is 8.72. The Hall–Kier alpha value is -0.370. The Morgan fingerprint density at radius 1 is 1.55 bits per heavy atom. The third-order valence-corrected chi connectivity index (χ3v) is 2.29. The Kier molecular flexibility index (Phi) is 3.57. The summed E-state index contributed by atoms with van der Waals surface area (Å²) in [4.78, 5) is 10.0. The maximum Gasteiger partial charge on any atom is 0.145 e. The summed E-state index contributed by atoms with van der Waals surface area (Å²) in [6, 6.07) is 0. The van der Waals surface area contributed by atoms with Gasteiger partial charge in [0.2, 0.25) is 0 Å². The zero-order valence-electron chi connectivity index (χ0n) is 7.08. The molecule has 11 heavy (non-hydrogen) atoms. The molecule has 0 saturated heterocycles. The molecule has 0 aromatic heterocycles. The Balaban J connectivity index is 2.17. The molecular weight excluding hydrogens is 140 g/mol. The van der Waals surface area contributed by atoms with Gasteiger partial charge >= 0.3 is 0 Å². The first-order valence-electron chi connectivity index (χ1n) is 4.38. The van der Waals surface area contributed by atoms with Crippen LogP contribution >= 0.6 is 0 Å².